The minimum absolute atomic E-state index is 0.203. The number of ether oxygens (including phenoxy) is 1. The van der Waals surface area contributed by atoms with Crippen molar-refractivity contribution < 1.29 is 22.8 Å². The third-order valence-corrected chi connectivity index (χ3v) is 2.51. The Morgan fingerprint density at radius 3 is 2.88 bits per heavy atom. The Labute approximate surface area is 95.4 Å². The molecule has 10 heteroatoms. The second-order valence-corrected chi connectivity index (χ2v) is 3.83. The molecule has 0 N–H and O–H groups in total. The molecule has 0 bridgehead atoms. The molecule has 0 aliphatic heterocycles. The Morgan fingerprint density at radius 2 is 2.29 bits per heavy atom. The van der Waals surface area contributed by atoms with Gasteiger partial charge in [0.05, 0.1) is 0 Å². The number of halogens is 3. The number of thiazole rings is 1. The number of hydrogen-bond donors (Lipinski definition) is 0. The van der Waals surface area contributed by atoms with E-state index in [4.69, 9.17) is 0 Å². The molecule has 0 aromatic carbocycles. The summed E-state index contributed by atoms with van der Waals surface area (Å²) in [6.07, 6.45) is -3.23. The van der Waals surface area contributed by atoms with Crippen molar-refractivity contribution >= 4 is 22.1 Å². The summed E-state index contributed by atoms with van der Waals surface area (Å²) in [5.41, 5.74) is 0. The number of alkyl halides is 3. The molecule has 17 heavy (non-hydrogen) atoms. The van der Waals surface area contributed by atoms with Crippen LogP contribution in [0, 0.1) is 10.1 Å². The van der Waals surface area contributed by atoms with Crippen molar-refractivity contribution in [1.82, 2.24) is 9.38 Å². The van der Waals surface area contributed by atoms with Crippen LogP contribution in [0.4, 0.5) is 19.0 Å². The normalized spacial score (nSPS) is 11.9. The molecule has 0 radical (unpaired) electrons. The third-order valence-electron chi connectivity index (χ3n) is 1.75. The molecular weight excluding hydrogens is 263 g/mol. The van der Waals surface area contributed by atoms with Gasteiger partial charge in [0.25, 0.3) is 4.96 Å². The smallest absolute Gasteiger partial charge is 0.422 e. The fourth-order valence-electron chi connectivity index (χ4n) is 1.17. The van der Waals surface area contributed by atoms with E-state index in [2.05, 4.69) is 9.72 Å². The Balaban J connectivity index is 2.36. The molecule has 0 spiro atoms. The van der Waals surface area contributed by atoms with Gasteiger partial charge in [-0.3, -0.25) is 0 Å². The number of nitrogens with zero attached hydrogens (tertiary/aromatic N) is 3. The lowest BCUT2D eigenvalue weighted by atomic mass is 10.6. The summed E-state index contributed by atoms with van der Waals surface area (Å²) in [6.45, 7) is -1.61. The van der Waals surface area contributed by atoms with Crippen LogP contribution in [-0.2, 0) is 0 Å². The monoisotopic (exact) mass is 267 g/mol. The zero-order valence-electron chi connectivity index (χ0n) is 7.97. The van der Waals surface area contributed by atoms with Gasteiger partial charge in [-0.1, -0.05) is 11.3 Å². The van der Waals surface area contributed by atoms with E-state index in [9.17, 15) is 23.3 Å². The maximum Gasteiger partial charge on any atom is 0.422 e. The van der Waals surface area contributed by atoms with Crippen molar-refractivity contribution in [1.29, 1.82) is 0 Å². The molecule has 92 valence electrons. The van der Waals surface area contributed by atoms with Crippen molar-refractivity contribution in [3.63, 3.8) is 0 Å². The molecule has 2 aromatic rings. The largest absolute Gasteiger partial charge is 0.462 e. The molecule has 0 aliphatic carbocycles. The van der Waals surface area contributed by atoms with Gasteiger partial charge in [0.2, 0.25) is 0 Å². The first-order valence-electron chi connectivity index (χ1n) is 4.18. The highest BCUT2D eigenvalue weighted by Gasteiger charge is 2.32. The molecule has 2 rings (SSSR count). The van der Waals surface area contributed by atoms with Gasteiger partial charge in [0.1, 0.15) is 6.20 Å². The molecule has 0 unspecified atom stereocenters. The summed E-state index contributed by atoms with van der Waals surface area (Å²) >= 11 is 1.06. The van der Waals surface area contributed by atoms with E-state index in [1.54, 1.807) is 0 Å². The molecule has 0 saturated carbocycles. The van der Waals surface area contributed by atoms with Crippen LogP contribution in [0.1, 0.15) is 0 Å². The van der Waals surface area contributed by atoms with E-state index in [0.717, 1.165) is 15.7 Å². The van der Waals surface area contributed by atoms with Crippen LogP contribution < -0.4 is 4.74 Å². The Kier molecular flexibility index (Phi) is 2.65. The van der Waals surface area contributed by atoms with E-state index < -0.39 is 29.4 Å². The Bertz CT molecular complexity index is 561. The van der Waals surface area contributed by atoms with Gasteiger partial charge in [-0.15, -0.1) is 0 Å². The van der Waals surface area contributed by atoms with E-state index in [1.807, 2.05) is 0 Å². The van der Waals surface area contributed by atoms with Gasteiger partial charge in [-0.2, -0.15) is 22.6 Å². The van der Waals surface area contributed by atoms with Gasteiger partial charge < -0.3 is 14.9 Å². The van der Waals surface area contributed by atoms with Crippen molar-refractivity contribution in [3.05, 3.63) is 21.7 Å². The zero-order chi connectivity index (χ0) is 12.6. The first-order valence-corrected chi connectivity index (χ1v) is 5.06. The van der Waals surface area contributed by atoms with E-state index in [0.29, 0.717) is 0 Å². The predicted molar refractivity (Wildman–Crippen MR) is 51.3 cm³/mol. The number of aromatic nitrogens is 2. The third kappa shape index (κ3) is 2.30. The lowest BCUT2D eigenvalue weighted by Crippen LogP contribution is -2.19. The zero-order valence-corrected chi connectivity index (χ0v) is 8.79. The number of fused-ring (bicyclic) bond motifs is 1. The van der Waals surface area contributed by atoms with Crippen molar-refractivity contribution in [3.8, 4) is 5.88 Å². The van der Waals surface area contributed by atoms with E-state index in [1.165, 1.54) is 11.6 Å². The molecule has 2 heterocycles. The van der Waals surface area contributed by atoms with Crippen LogP contribution in [0.25, 0.3) is 4.96 Å². The topological polar surface area (TPSA) is 69.7 Å². The van der Waals surface area contributed by atoms with Crippen LogP contribution in [0.5, 0.6) is 5.88 Å². The van der Waals surface area contributed by atoms with Gasteiger partial charge in [-0.25, -0.2) is 0 Å². The SMILES string of the molecule is O=[N+]([O-])c1c(OCC(F)(F)F)nc2sccn12. The van der Waals surface area contributed by atoms with Crippen molar-refractivity contribution in [2.45, 2.75) is 6.18 Å². The maximum atomic E-state index is 11.9. The van der Waals surface area contributed by atoms with E-state index in [-0.39, 0.29) is 4.96 Å². The summed E-state index contributed by atoms with van der Waals surface area (Å²) in [5, 5.41) is 12.2. The molecule has 0 saturated heterocycles. The molecule has 0 fully saturated rings. The fourth-order valence-corrected chi connectivity index (χ4v) is 1.87. The lowest BCUT2D eigenvalue weighted by Gasteiger charge is -2.05. The second-order valence-electron chi connectivity index (χ2n) is 2.96. The van der Waals surface area contributed by atoms with Crippen LogP contribution >= 0.6 is 11.3 Å². The maximum absolute atomic E-state index is 11.9. The Morgan fingerprint density at radius 1 is 1.59 bits per heavy atom. The Hall–Kier alpha value is -1.84. The van der Waals surface area contributed by atoms with Gasteiger partial charge in [0.15, 0.2) is 6.61 Å². The van der Waals surface area contributed by atoms with Crippen LogP contribution in [-0.4, -0.2) is 27.1 Å². The number of nitro groups is 1. The molecule has 6 nitrogen and oxygen atoms in total. The minimum atomic E-state index is -4.56. The molecule has 0 aliphatic rings. The summed E-state index contributed by atoms with van der Waals surface area (Å²) in [6, 6.07) is 0. The van der Waals surface area contributed by atoms with Crippen molar-refractivity contribution in [2.24, 2.45) is 0 Å². The van der Waals surface area contributed by atoms with E-state index >= 15 is 0 Å². The predicted octanol–water partition coefficient (Wildman–Crippen LogP) is 2.25. The summed E-state index contributed by atoms with van der Waals surface area (Å²) < 4.78 is 41.2. The molecule has 0 amide bonds. The van der Waals surface area contributed by atoms with Gasteiger partial charge in [0, 0.05) is 5.38 Å². The molecule has 2 aromatic heterocycles. The summed E-state index contributed by atoms with van der Waals surface area (Å²) in [7, 11) is 0. The quantitative estimate of drug-likeness (QED) is 0.631. The number of hydrogen-bond acceptors (Lipinski definition) is 5. The summed E-state index contributed by atoms with van der Waals surface area (Å²) in [4.78, 5) is 13.7. The number of imidazole rings is 1. The van der Waals surface area contributed by atoms with Gasteiger partial charge >= 0.3 is 17.9 Å². The standard InChI is InChI=1S/C7H4F3N3O3S/c8-7(9,10)3-16-4-5(13(14)15)12-1-2-17-6(12)11-4/h1-2H,3H2. The highest BCUT2D eigenvalue weighted by Crippen LogP contribution is 2.31. The van der Waals surface area contributed by atoms with Crippen molar-refractivity contribution in [2.75, 3.05) is 6.61 Å². The number of rotatable bonds is 3. The van der Waals surface area contributed by atoms with Crippen LogP contribution in [0.3, 0.4) is 0 Å². The highest BCUT2D eigenvalue weighted by molar-refractivity contribution is 7.15. The minimum Gasteiger partial charge on any atom is -0.462 e. The summed E-state index contributed by atoms with van der Waals surface area (Å²) in [5.74, 6) is -1.23. The second kappa shape index (κ2) is 3.87. The van der Waals surface area contributed by atoms with Crippen LogP contribution in [0.15, 0.2) is 11.6 Å². The first kappa shape index (κ1) is 11.6. The van der Waals surface area contributed by atoms with Crippen LogP contribution in [0.2, 0.25) is 0 Å². The average molecular weight is 267 g/mol. The first-order chi connectivity index (χ1) is 7.88. The fraction of sp³-hybridized carbons (Fsp3) is 0.286. The average Bonchev–Trinajstić information content (AvgIpc) is 2.70. The molecular formula is C7H4F3N3O3S. The highest BCUT2D eigenvalue weighted by atomic mass is 32.1. The molecule has 0 atom stereocenters. The van der Waals surface area contributed by atoms with Gasteiger partial charge in [-0.05, 0) is 4.92 Å². The lowest BCUT2D eigenvalue weighted by molar-refractivity contribution is -0.391.